The molecule has 7 nitrogen and oxygen atoms in total. The zero-order chi connectivity index (χ0) is 21.9. The van der Waals surface area contributed by atoms with Crippen molar-refractivity contribution in [2.24, 2.45) is 0 Å². The van der Waals surface area contributed by atoms with Gasteiger partial charge in [0.1, 0.15) is 17.4 Å². The molecule has 0 aliphatic carbocycles. The summed E-state index contributed by atoms with van der Waals surface area (Å²) in [4.78, 5) is 24.1. The van der Waals surface area contributed by atoms with Gasteiger partial charge in [0.25, 0.3) is 5.91 Å². The zero-order valence-corrected chi connectivity index (χ0v) is 17.8. The average molecular weight is 471 g/mol. The number of ether oxygens (including phenoxy) is 3. The highest BCUT2D eigenvalue weighted by Gasteiger charge is 2.13. The summed E-state index contributed by atoms with van der Waals surface area (Å²) in [5.74, 6) is -0.169. The second kappa shape index (κ2) is 11.4. The largest absolute Gasteiger partial charge is 0.493 e. The Hall–Kier alpha value is -3.57. The van der Waals surface area contributed by atoms with E-state index in [9.17, 15) is 14.9 Å². The third kappa shape index (κ3) is 6.50. The fourth-order valence-electron chi connectivity index (χ4n) is 2.28. The Morgan fingerprint density at radius 1 is 1.20 bits per heavy atom. The van der Waals surface area contributed by atoms with E-state index >= 15 is 0 Å². The normalized spacial score (nSPS) is 10.5. The van der Waals surface area contributed by atoms with E-state index < -0.39 is 11.9 Å². The number of rotatable bonds is 9. The number of hydrogen-bond acceptors (Lipinski definition) is 6. The average Bonchev–Trinajstić information content (AvgIpc) is 2.76. The van der Waals surface area contributed by atoms with Crippen molar-refractivity contribution in [3.63, 3.8) is 0 Å². The van der Waals surface area contributed by atoms with Gasteiger partial charge in [-0.1, -0.05) is 24.3 Å². The third-order valence-electron chi connectivity index (χ3n) is 3.68. The molecule has 154 valence electrons. The molecule has 2 rings (SSSR count). The molecule has 0 heterocycles. The van der Waals surface area contributed by atoms with E-state index in [0.717, 1.165) is 4.47 Å². The number of carbonyl (C=O) groups excluding carboxylic acids is 2. The molecule has 0 radical (unpaired) electrons. The Labute approximate surface area is 182 Å². The SMILES string of the molecule is C=CCNC(=O)/C(C#N)=C/c1ccc(OC(=O)COc2ccccc2Br)c(OC)c1. The fourth-order valence-corrected chi connectivity index (χ4v) is 2.68. The van der Waals surface area contributed by atoms with Crippen LogP contribution in [0.5, 0.6) is 17.2 Å². The van der Waals surface area contributed by atoms with Crippen LogP contribution in [0.25, 0.3) is 6.08 Å². The molecule has 0 aliphatic rings. The summed E-state index contributed by atoms with van der Waals surface area (Å²) >= 11 is 3.33. The number of nitrogens with one attached hydrogen (secondary N) is 1. The maximum atomic E-state index is 12.1. The van der Waals surface area contributed by atoms with Gasteiger partial charge in [0, 0.05) is 6.54 Å². The molecule has 0 aromatic heterocycles. The van der Waals surface area contributed by atoms with Crippen LogP contribution in [0.1, 0.15) is 5.56 Å². The van der Waals surface area contributed by atoms with Crippen molar-refractivity contribution in [1.82, 2.24) is 5.32 Å². The Kier molecular flexibility index (Phi) is 8.66. The van der Waals surface area contributed by atoms with Gasteiger partial charge in [0.05, 0.1) is 11.6 Å². The summed E-state index contributed by atoms with van der Waals surface area (Å²) in [7, 11) is 1.42. The van der Waals surface area contributed by atoms with E-state index in [1.54, 1.807) is 30.3 Å². The standard InChI is InChI=1S/C22H19BrN2O5/c1-3-10-25-22(27)16(13-24)11-15-8-9-19(20(12-15)28-2)30-21(26)14-29-18-7-5-4-6-17(18)23/h3-9,11-12H,1,10,14H2,2H3,(H,25,27)/b16-11+. The van der Waals surface area contributed by atoms with E-state index in [1.165, 1.54) is 25.3 Å². The molecule has 2 aromatic rings. The fraction of sp³-hybridized carbons (Fsp3) is 0.136. The number of halogens is 1. The maximum Gasteiger partial charge on any atom is 0.349 e. The second-order valence-electron chi connectivity index (χ2n) is 5.77. The molecule has 0 aliphatic heterocycles. The number of benzene rings is 2. The number of amides is 1. The summed E-state index contributed by atoms with van der Waals surface area (Å²) in [6.45, 7) is 3.46. The van der Waals surface area contributed by atoms with Gasteiger partial charge in [-0.25, -0.2) is 4.79 Å². The lowest BCUT2D eigenvalue weighted by Crippen LogP contribution is -2.24. The minimum atomic E-state index is -0.617. The molecule has 0 atom stereocenters. The van der Waals surface area contributed by atoms with Crippen LogP contribution in [0.2, 0.25) is 0 Å². The van der Waals surface area contributed by atoms with Gasteiger partial charge in [-0.15, -0.1) is 6.58 Å². The number of nitrogens with zero attached hydrogens (tertiary/aromatic N) is 1. The van der Waals surface area contributed by atoms with Gasteiger partial charge < -0.3 is 19.5 Å². The van der Waals surface area contributed by atoms with Crippen molar-refractivity contribution in [2.45, 2.75) is 0 Å². The van der Waals surface area contributed by atoms with Gasteiger partial charge in [-0.05, 0) is 51.8 Å². The first-order chi connectivity index (χ1) is 14.5. The van der Waals surface area contributed by atoms with Gasteiger partial charge >= 0.3 is 5.97 Å². The van der Waals surface area contributed by atoms with Crippen molar-refractivity contribution in [3.05, 3.63) is 70.7 Å². The molecule has 0 saturated heterocycles. The van der Waals surface area contributed by atoms with E-state index in [2.05, 4.69) is 27.8 Å². The Morgan fingerprint density at radius 2 is 1.97 bits per heavy atom. The second-order valence-corrected chi connectivity index (χ2v) is 6.63. The molecule has 30 heavy (non-hydrogen) atoms. The highest BCUT2D eigenvalue weighted by atomic mass is 79.9. The summed E-state index contributed by atoms with van der Waals surface area (Å²) in [6, 6.07) is 13.6. The van der Waals surface area contributed by atoms with Crippen LogP contribution in [0.15, 0.2) is 65.2 Å². The lowest BCUT2D eigenvalue weighted by Gasteiger charge is -2.11. The number of methoxy groups -OCH3 is 1. The van der Waals surface area contributed by atoms with Crippen LogP contribution in [-0.4, -0.2) is 32.1 Å². The van der Waals surface area contributed by atoms with Gasteiger partial charge in [-0.2, -0.15) is 5.26 Å². The van der Waals surface area contributed by atoms with Crippen molar-refractivity contribution in [1.29, 1.82) is 5.26 Å². The van der Waals surface area contributed by atoms with E-state index in [4.69, 9.17) is 14.2 Å². The molecule has 0 fully saturated rings. The molecule has 1 N–H and O–H groups in total. The minimum Gasteiger partial charge on any atom is -0.493 e. The van der Waals surface area contributed by atoms with Gasteiger partial charge in [-0.3, -0.25) is 4.79 Å². The number of nitriles is 1. The highest BCUT2D eigenvalue weighted by Crippen LogP contribution is 2.29. The van der Waals surface area contributed by atoms with Crippen LogP contribution in [0, 0.1) is 11.3 Å². The molecule has 0 spiro atoms. The van der Waals surface area contributed by atoms with Gasteiger partial charge in [0.15, 0.2) is 18.1 Å². The maximum absolute atomic E-state index is 12.1. The van der Waals surface area contributed by atoms with Crippen molar-refractivity contribution >= 4 is 33.9 Å². The third-order valence-corrected chi connectivity index (χ3v) is 4.33. The number of para-hydroxylation sites is 1. The lowest BCUT2D eigenvalue weighted by molar-refractivity contribution is -0.136. The van der Waals surface area contributed by atoms with E-state index in [-0.39, 0.29) is 30.2 Å². The van der Waals surface area contributed by atoms with Crippen LogP contribution >= 0.6 is 15.9 Å². The number of esters is 1. The van der Waals surface area contributed by atoms with E-state index in [1.807, 2.05) is 12.1 Å². The first-order valence-electron chi connectivity index (χ1n) is 8.75. The Morgan fingerprint density at radius 3 is 2.63 bits per heavy atom. The first-order valence-corrected chi connectivity index (χ1v) is 9.54. The molecule has 1 amide bonds. The summed E-state index contributed by atoms with van der Waals surface area (Å²) < 4.78 is 16.7. The van der Waals surface area contributed by atoms with E-state index in [0.29, 0.717) is 11.3 Å². The predicted octanol–water partition coefficient (Wildman–Crippen LogP) is 3.65. The summed E-state index contributed by atoms with van der Waals surface area (Å²) in [6.07, 6.45) is 2.92. The monoisotopic (exact) mass is 470 g/mol. The van der Waals surface area contributed by atoms with Crippen LogP contribution < -0.4 is 19.5 Å². The van der Waals surface area contributed by atoms with Gasteiger partial charge in [0.2, 0.25) is 0 Å². The highest BCUT2D eigenvalue weighted by molar-refractivity contribution is 9.10. The lowest BCUT2D eigenvalue weighted by atomic mass is 10.1. The zero-order valence-electron chi connectivity index (χ0n) is 16.2. The molecular weight excluding hydrogens is 452 g/mol. The van der Waals surface area contributed by atoms with Crippen molar-refractivity contribution < 1.29 is 23.8 Å². The predicted molar refractivity (Wildman–Crippen MR) is 115 cm³/mol. The topological polar surface area (TPSA) is 97.7 Å². The van der Waals surface area contributed by atoms with Crippen LogP contribution in [-0.2, 0) is 9.59 Å². The molecule has 8 heteroatoms. The summed E-state index contributed by atoms with van der Waals surface area (Å²) in [5.41, 5.74) is 0.451. The first kappa shape index (κ1) is 22.7. The Bertz CT molecular complexity index is 1010. The number of carbonyl (C=O) groups is 2. The van der Waals surface area contributed by atoms with Crippen molar-refractivity contribution in [3.8, 4) is 23.3 Å². The summed E-state index contributed by atoms with van der Waals surface area (Å²) in [5, 5.41) is 11.7. The Balaban J connectivity index is 2.09. The van der Waals surface area contributed by atoms with Crippen molar-refractivity contribution in [2.75, 3.05) is 20.3 Å². The number of hydrogen-bond donors (Lipinski definition) is 1. The molecule has 0 unspecified atom stereocenters. The molecule has 0 bridgehead atoms. The molecular formula is C22H19BrN2O5. The van der Waals surface area contributed by atoms with Crippen LogP contribution in [0.4, 0.5) is 0 Å². The quantitative estimate of drug-likeness (QED) is 0.197. The molecule has 2 aromatic carbocycles. The molecule has 0 saturated carbocycles. The van der Waals surface area contributed by atoms with Crippen LogP contribution in [0.3, 0.4) is 0 Å². The minimum absolute atomic E-state index is 0.0783. The smallest absolute Gasteiger partial charge is 0.349 e.